The lowest BCUT2D eigenvalue weighted by molar-refractivity contribution is 0.648. The maximum absolute atomic E-state index is 10.8. The fraction of sp³-hybridized carbons (Fsp3) is 0.0312. The van der Waals surface area contributed by atoms with E-state index >= 15 is 0 Å². The standard InChI is InChI=1S/C64H40N4O2/c65-40-42-21-13-17-33-54(42)67(46-27-9-3-10-28-46)56-38-53-51(62-61(56)49-32-16-20-36-59(49)69-62)37-50-52(64(53,44-23-5-1-6-24-44)45-25-7-2-8-26-45)39-57(63-60(50)48-31-15-19-35-58(48)70-63)68(47-29-11-4-12-30-47)55-34-18-14-22-43(55)41-66/h1-36,38-39H,37H2. The van der Waals surface area contributed by atoms with E-state index in [-0.39, 0.29) is 0 Å². The third-order valence-corrected chi connectivity index (χ3v) is 14.1. The van der Waals surface area contributed by atoms with Crippen molar-refractivity contribution in [2.75, 3.05) is 9.80 Å². The van der Waals surface area contributed by atoms with Gasteiger partial charge in [-0.05, 0) is 101 Å². The van der Waals surface area contributed by atoms with Crippen LogP contribution in [-0.4, -0.2) is 0 Å². The number of nitrogens with zero attached hydrogens (tertiary/aromatic N) is 4. The van der Waals surface area contributed by atoms with Crippen molar-refractivity contribution in [3.63, 3.8) is 0 Å². The summed E-state index contributed by atoms with van der Waals surface area (Å²) in [4.78, 5) is 4.41. The molecule has 0 amide bonds. The van der Waals surface area contributed by atoms with Gasteiger partial charge in [-0.25, -0.2) is 0 Å². The van der Waals surface area contributed by atoms with Gasteiger partial charge in [0.05, 0.1) is 44.7 Å². The highest BCUT2D eigenvalue weighted by atomic mass is 16.3. The molecule has 0 spiro atoms. The molecule has 6 nitrogen and oxygen atoms in total. The molecule has 2 aromatic heterocycles. The van der Waals surface area contributed by atoms with Crippen LogP contribution in [0.25, 0.3) is 43.9 Å². The van der Waals surface area contributed by atoms with E-state index in [0.29, 0.717) is 17.5 Å². The Hall–Kier alpha value is -9.62. The summed E-state index contributed by atoms with van der Waals surface area (Å²) in [6.45, 7) is 0. The van der Waals surface area contributed by atoms with Crippen molar-refractivity contribution in [1.82, 2.24) is 0 Å². The Morgan fingerprint density at radius 2 is 0.800 bits per heavy atom. The van der Waals surface area contributed by atoms with Crippen molar-refractivity contribution >= 4 is 78.0 Å². The lowest BCUT2D eigenvalue weighted by atomic mass is 9.59. The third-order valence-electron chi connectivity index (χ3n) is 14.1. The van der Waals surface area contributed by atoms with E-state index < -0.39 is 5.41 Å². The summed E-state index contributed by atoms with van der Waals surface area (Å²) in [6, 6.07) is 84.1. The number of nitriles is 2. The highest BCUT2D eigenvalue weighted by molar-refractivity contribution is 6.17. The minimum absolute atomic E-state index is 0.517. The first-order valence-corrected chi connectivity index (χ1v) is 23.4. The molecule has 0 bridgehead atoms. The SMILES string of the molecule is N#Cc1ccccc1N(c1ccccc1)c1cc2c(c3c1oc1ccccc13)Cc1c(cc(N(c3ccccc3)c3ccccc3C#N)c3c1oc1ccccc13)C2(c1ccccc1)c1ccccc1. The van der Waals surface area contributed by atoms with E-state index in [2.05, 4.69) is 143 Å². The van der Waals surface area contributed by atoms with E-state index in [1.54, 1.807) is 0 Å². The van der Waals surface area contributed by atoms with E-state index in [1.165, 1.54) is 0 Å². The molecular formula is C64H40N4O2. The predicted octanol–water partition coefficient (Wildman–Crippen LogP) is 16.5. The van der Waals surface area contributed by atoms with E-state index in [4.69, 9.17) is 8.83 Å². The van der Waals surface area contributed by atoms with Crippen LogP contribution in [0.1, 0.15) is 44.5 Å². The van der Waals surface area contributed by atoms with Gasteiger partial charge in [-0.2, -0.15) is 10.5 Å². The van der Waals surface area contributed by atoms with Crippen molar-refractivity contribution in [1.29, 1.82) is 10.5 Å². The third kappa shape index (κ3) is 6.04. The van der Waals surface area contributed by atoms with Crippen molar-refractivity contribution in [3.05, 3.63) is 275 Å². The summed E-state index contributed by atoms with van der Waals surface area (Å²) in [5.41, 5.74) is 14.5. The highest BCUT2D eigenvalue weighted by Gasteiger charge is 2.48. The average Bonchev–Trinajstić information content (AvgIpc) is 4.02. The van der Waals surface area contributed by atoms with Crippen molar-refractivity contribution in [2.45, 2.75) is 11.8 Å². The second-order valence-electron chi connectivity index (χ2n) is 17.7. The van der Waals surface area contributed by atoms with Gasteiger partial charge in [-0.3, -0.25) is 0 Å². The Kier molecular flexibility index (Phi) is 9.47. The fourth-order valence-electron chi connectivity index (χ4n) is 11.2. The molecule has 0 aliphatic heterocycles. The number of hydrogen-bond donors (Lipinski definition) is 0. The van der Waals surface area contributed by atoms with Gasteiger partial charge in [-0.1, -0.05) is 158 Å². The number of furan rings is 2. The predicted molar refractivity (Wildman–Crippen MR) is 281 cm³/mol. The molecule has 0 saturated carbocycles. The molecule has 10 aromatic carbocycles. The number of para-hydroxylation sites is 6. The van der Waals surface area contributed by atoms with Gasteiger partial charge >= 0.3 is 0 Å². The lowest BCUT2D eigenvalue weighted by Gasteiger charge is -2.44. The second-order valence-corrected chi connectivity index (χ2v) is 17.7. The molecule has 0 N–H and O–H groups in total. The maximum atomic E-state index is 10.8. The van der Waals surface area contributed by atoms with Gasteiger partial charge in [0, 0.05) is 39.5 Å². The summed E-state index contributed by atoms with van der Waals surface area (Å²) < 4.78 is 14.4. The van der Waals surface area contributed by atoms with Crippen LogP contribution in [0.15, 0.2) is 239 Å². The Bertz CT molecular complexity index is 4030. The van der Waals surface area contributed by atoms with Gasteiger partial charge in [0.15, 0.2) is 5.58 Å². The minimum Gasteiger partial charge on any atom is -0.456 e. The van der Waals surface area contributed by atoms with E-state index in [1.807, 2.05) is 109 Å². The van der Waals surface area contributed by atoms with E-state index in [0.717, 1.165) is 111 Å². The molecule has 0 radical (unpaired) electrons. The Balaban J connectivity index is 1.26. The normalized spacial score (nSPS) is 12.6. The molecule has 6 heteroatoms. The molecule has 12 aromatic rings. The van der Waals surface area contributed by atoms with Crippen LogP contribution in [0.3, 0.4) is 0 Å². The monoisotopic (exact) mass is 896 g/mol. The zero-order valence-corrected chi connectivity index (χ0v) is 37.8. The molecule has 70 heavy (non-hydrogen) atoms. The average molecular weight is 897 g/mol. The Morgan fingerprint density at radius 1 is 0.386 bits per heavy atom. The zero-order valence-electron chi connectivity index (χ0n) is 37.8. The summed E-state index contributed by atoms with van der Waals surface area (Å²) in [5.74, 6) is 0. The van der Waals surface area contributed by atoms with Crippen LogP contribution in [0.2, 0.25) is 0 Å². The maximum Gasteiger partial charge on any atom is 0.159 e. The topological polar surface area (TPSA) is 80.3 Å². The minimum atomic E-state index is -0.983. The molecule has 328 valence electrons. The van der Waals surface area contributed by atoms with Crippen LogP contribution in [0.5, 0.6) is 0 Å². The molecule has 0 fully saturated rings. The number of anilines is 6. The highest BCUT2D eigenvalue weighted by Crippen LogP contribution is 2.59. The first kappa shape index (κ1) is 40.6. The van der Waals surface area contributed by atoms with Gasteiger partial charge in [0.1, 0.15) is 28.9 Å². The van der Waals surface area contributed by atoms with Crippen LogP contribution in [0, 0.1) is 22.7 Å². The van der Waals surface area contributed by atoms with E-state index in [9.17, 15) is 10.5 Å². The van der Waals surface area contributed by atoms with Crippen molar-refractivity contribution in [3.8, 4) is 12.1 Å². The van der Waals surface area contributed by atoms with Crippen LogP contribution < -0.4 is 9.80 Å². The molecule has 1 aliphatic rings. The van der Waals surface area contributed by atoms with Gasteiger partial charge in [0.2, 0.25) is 0 Å². The molecule has 1 aliphatic carbocycles. The first-order valence-electron chi connectivity index (χ1n) is 23.4. The lowest BCUT2D eigenvalue weighted by Crippen LogP contribution is -2.37. The molecule has 2 heterocycles. The molecule has 0 atom stereocenters. The van der Waals surface area contributed by atoms with Crippen molar-refractivity contribution < 1.29 is 8.83 Å². The van der Waals surface area contributed by atoms with Gasteiger partial charge in [-0.15, -0.1) is 0 Å². The molecular weight excluding hydrogens is 857 g/mol. The van der Waals surface area contributed by atoms with Crippen LogP contribution in [0.4, 0.5) is 34.1 Å². The second kappa shape index (κ2) is 16.3. The van der Waals surface area contributed by atoms with Crippen LogP contribution in [-0.2, 0) is 11.8 Å². The Morgan fingerprint density at radius 3 is 1.34 bits per heavy atom. The number of hydrogen-bond acceptors (Lipinski definition) is 6. The fourth-order valence-corrected chi connectivity index (χ4v) is 11.2. The number of rotatable bonds is 8. The quantitative estimate of drug-likeness (QED) is 0.151. The largest absolute Gasteiger partial charge is 0.456 e. The van der Waals surface area contributed by atoms with Gasteiger partial charge in [0.25, 0.3) is 0 Å². The molecule has 13 rings (SSSR count). The molecule has 0 unspecified atom stereocenters. The smallest absolute Gasteiger partial charge is 0.159 e. The summed E-state index contributed by atoms with van der Waals surface area (Å²) in [6.07, 6.45) is 0.517. The number of fused-ring (bicyclic) bond motifs is 10. The Labute approximate surface area is 404 Å². The van der Waals surface area contributed by atoms with Crippen molar-refractivity contribution in [2.24, 2.45) is 0 Å². The first-order chi connectivity index (χ1) is 34.7. The summed E-state index contributed by atoms with van der Waals surface area (Å²) >= 11 is 0. The molecule has 0 saturated heterocycles. The van der Waals surface area contributed by atoms with Gasteiger partial charge < -0.3 is 18.6 Å². The number of benzene rings is 10. The van der Waals surface area contributed by atoms with Crippen LogP contribution >= 0.6 is 0 Å². The summed E-state index contributed by atoms with van der Waals surface area (Å²) in [7, 11) is 0. The summed E-state index contributed by atoms with van der Waals surface area (Å²) in [5, 5.41) is 25.5. The zero-order chi connectivity index (χ0) is 46.8.